The molecule has 7 heteroatoms. The van der Waals surface area contributed by atoms with E-state index in [0.29, 0.717) is 5.92 Å². The van der Waals surface area contributed by atoms with Gasteiger partial charge < -0.3 is 15.3 Å². The predicted octanol–water partition coefficient (Wildman–Crippen LogP) is 4.27. The van der Waals surface area contributed by atoms with Gasteiger partial charge >= 0.3 is 6.09 Å². The van der Waals surface area contributed by atoms with Crippen molar-refractivity contribution in [3.05, 3.63) is 24.3 Å². The zero-order valence-electron chi connectivity index (χ0n) is 17.2. The number of carboxylic acid groups (broad SMARTS) is 1. The molecular formula is C22H32N4O2S. The number of hydrogen-bond acceptors (Lipinski definition) is 5. The Balaban J connectivity index is 1.19. The van der Waals surface area contributed by atoms with E-state index in [1.807, 2.05) is 6.92 Å². The molecule has 158 valence electrons. The highest BCUT2D eigenvalue weighted by atomic mass is 32.1. The molecule has 1 saturated heterocycles. The predicted molar refractivity (Wildman–Crippen MR) is 119 cm³/mol. The number of hydrogen-bond donors (Lipinski definition) is 2. The van der Waals surface area contributed by atoms with Gasteiger partial charge in [-0.25, -0.2) is 4.79 Å². The van der Waals surface area contributed by atoms with Gasteiger partial charge in [-0.15, -0.1) is 0 Å². The van der Waals surface area contributed by atoms with E-state index in [1.165, 1.54) is 35.9 Å². The average Bonchev–Trinajstić information content (AvgIpc) is 3.17. The minimum atomic E-state index is -0.899. The second-order valence-electron chi connectivity index (χ2n) is 8.64. The first kappa shape index (κ1) is 20.4. The van der Waals surface area contributed by atoms with Crippen molar-refractivity contribution in [2.45, 2.75) is 45.1 Å². The van der Waals surface area contributed by atoms with Crippen LogP contribution < -0.4 is 10.2 Å². The van der Waals surface area contributed by atoms with Crippen LogP contribution in [0.2, 0.25) is 0 Å². The third-order valence-corrected chi connectivity index (χ3v) is 7.65. The summed E-state index contributed by atoms with van der Waals surface area (Å²) in [5.74, 6) is 2.45. The molecule has 0 radical (unpaired) electrons. The standard InChI is InChI=1S/C22H32N4O2S/c1-16(23-22(27)28)18-8-6-17(7-9-18)10-11-25-12-14-26(15-13-25)21-19-4-2-3-5-20(19)29-24-21/h2-5,16-18,23H,6-15H2,1H3,(H,27,28). The van der Waals surface area contributed by atoms with Gasteiger partial charge in [0.15, 0.2) is 0 Å². The summed E-state index contributed by atoms with van der Waals surface area (Å²) in [6.45, 7) is 7.52. The lowest BCUT2D eigenvalue weighted by Crippen LogP contribution is -2.47. The molecule has 1 aliphatic heterocycles. The third-order valence-electron chi connectivity index (χ3n) is 6.83. The van der Waals surface area contributed by atoms with E-state index < -0.39 is 6.09 Å². The van der Waals surface area contributed by atoms with Gasteiger partial charge in [-0.05, 0) is 68.2 Å². The average molecular weight is 417 g/mol. The van der Waals surface area contributed by atoms with Crippen molar-refractivity contribution in [1.82, 2.24) is 14.6 Å². The largest absolute Gasteiger partial charge is 0.465 e. The van der Waals surface area contributed by atoms with Crippen LogP contribution in [-0.2, 0) is 0 Å². The van der Waals surface area contributed by atoms with E-state index in [9.17, 15) is 4.79 Å². The van der Waals surface area contributed by atoms with Gasteiger partial charge in [0.05, 0.1) is 4.70 Å². The zero-order chi connectivity index (χ0) is 20.2. The molecule has 1 aromatic carbocycles. The zero-order valence-corrected chi connectivity index (χ0v) is 18.0. The Hall–Kier alpha value is -1.86. The summed E-state index contributed by atoms with van der Waals surface area (Å²) < 4.78 is 5.98. The SMILES string of the molecule is CC(NC(=O)O)C1CCC(CCN2CCN(c3nsc4ccccc34)CC2)CC1. The summed E-state index contributed by atoms with van der Waals surface area (Å²) in [5, 5.41) is 12.8. The summed E-state index contributed by atoms with van der Waals surface area (Å²) in [6.07, 6.45) is 5.15. The highest BCUT2D eigenvalue weighted by molar-refractivity contribution is 7.13. The molecule has 2 heterocycles. The van der Waals surface area contributed by atoms with E-state index in [2.05, 4.69) is 39.4 Å². The molecule has 2 aromatic rings. The first-order chi connectivity index (χ1) is 14.1. The molecule has 1 saturated carbocycles. The van der Waals surface area contributed by atoms with Gasteiger partial charge in [0.2, 0.25) is 0 Å². The quantitative estimate of drug-likeness (QED) is 0.736. The first-order valence-corrected chi connectivity index (χ1v) is 11.7. The van der Waals surface area contributed by atoms with Crippen LogP contribution in [0, 0.1) is 11.8 Å². The lowest BCUT2D eigenvalue weighted by molar-refractivity contribution is 0.168. The van der Waals surface area contributed by atoms with Crippen LogP contribution >= 0.6 is 11.5 Å². The highest BCUT2D eigenvalue weighted by Crippen LogP contribution is 2.33. The molecule has 4 rings (SSSR count). The minimum absolute atomic E-state index is 0.0725. The molecule has 29 heavy (non-hydrogen) atoms. The Morgan fingerprint density at radius 1 is 1.21 bits per heavy atom. The van der Waals surface area contributed by atoms with Gasteiger partial charge in [0.25, 0.3) is 0 Å². The number of amides is 1. The molecule has 1 atom stereocenters. The van der Waals surface area contributed by atoms with E-state index in [-0.39, 0.29) is 6.04 Å². The van der Waals surface area contributed by atoms with Crippen molar-refractivity contribution in [3.63, 3.8) is 0 Å². The molecule has 1 aromatic heterocycles. The molecular weight excluding hydrogens is 384 g/mol. The number of aromatic nitrogens is 1. The van der Waals surface area contributed by atoms with Crippen molar-refractivity contribution in [2.24, 2.45) is 11.8 Å². The summed E-state index contributed by atoms with van der Waals surface area (Å²) in [4.78, 5) is 15.9. The summed E-state index contributed by atoms with van der Waals surface area (Å²) in [6, 6.07) is 8.59. The monoisotopic (exact) mass is 416 g/mol. The molecule has 0 bridgehead atoms. The fraction of sp³-hybridized carbons (Fsp3) is 0.636. The maximum Gasteiger partial charge on any atom is 0.404 e. The second kappa shape index (κ2) is 9.30. The summed E-state index contributed by atoms with van der Waals surface area (Å²) in [7, 11) is 0. The lowest BCUT2D eigenvalue weighted by atomic mass is 9.77. The van der Waals surface area contributed by atoms with E-state index in [4.69, 9.17) is 9.48 Å². The van der Waals surface area contributed by atoms with Crippen LogP contribution in [0.1, 0.15) is 39.0 Å². The maximum atomic E-state index is 10.8. The summed E-state index contributed by atoms with van der Waals surface area (Å²) in [5.41, 5.74) is 0. The van der Waals surface area contributed by atoms with Gasteiger partial charge in [0, 0.05) is 37.6 Å². The van der Waals surface area contributed by atoms with Crippen molar-refractivity contribution in [3.8, 4) is 0 Å². The number of rotatable bonds is 6. The van der Waals surface area contributed by atoms with Crippen LogP contribution in [-0.4, -0.2) is 59.2 Å². The lowest BCUT2D eigenvalue weighted by Gasteiger charge is -2.37. The number of nitrogens with zero attached hydrogens (tertiary/aromatic N) is 3. The fourth-order valence-corrected chi connectivity index (χ4v) is 5.73. The minimum Gasteiger partial charge on any atom is -0.465 e. The molecule has 6 nitrogen and oxygen atoms in total. The Kier molecular flexibility index (Phi) is 6.55. The maximum absolute atomic E-state index is 10.8. The molecule has 0 spiro atoms. The topological polar surface area (TPSA) is 68.7 Å². The third kappa shape index (κ3) is 5.01. The van der Waals surface area contributed by atoms with Crippen LogP contribution in [0.25, 0.3) is 10.1 Å². The molecule has 2 aliphatic rings. The number of carbonyl (C=O) groups is 1. The van der Waals surface area contributed by atoms with Crippen LogP contribution in [0.15, 0.2) is 24.3 Å². The second-order valence-corrected chi connectivity index (χ2v) is 9.44. The number of anilines is 1. The number of fused-ring (bicyclic) bond motifs is 1. The van der Waals surface area contributed by atoms with Crippen molar-refractivity contribution in [1.29, 1.82) is 0 Å². The highest BCUT2D eigenvalue weighted by Gasteiger charge is 2.27. The number of nitrogens with one attached hydrogen (secondary N) is 1. The van der Waals surface area contributed by atoms with Gasteiger partial charge in [-0.1, -0.05) is 25.0 Å². The van der Waals surface area contributed by atoms with Crippen molar-refractivity contribution >= 4 is 33.5 Å². The Morgan fingerprint density at radius 3 is 2.66 bits per heavy atom. The molecule has 1 aliphatic carbocycles. The van der Waals surface area contributed by atoms with Crippen LogP contribution in [0.5, 0.6) is 0 Å². The summed E-state index contributed by atoms with van der Waals surface area (Å²) >= 11 is 1.60. The molecule has 2 fully saturated rings. The Morgan fingerprint density at radius 2 is 1.93 bits per heavy atom. The Labute approximate surface area is 177 Å². The molecule has 1 unspecified atom stereocenters. The van der Waals surface area contributed by atoms with E-state index in [1.54, 1.807) is 11.5 Å². The first-order valence-electron chi connectivity index (χ1n) is 10.9. The molecule has 2 N–H and O–H groups in total. The smallest absolute Gasteiger partial charge is 0.404 e. The van der Waals surface area contributed by atoms with Gasteiger partial charge in [0.1, 0.15) is 5.82 Å². The molecule has 1 amide bonds. The normalized spacial score (nSPS) is 24.5. The van der Waals surface area contributed by atoms with Crippen LogP contribution in [0.3, 0.4) is 0 Å². The van der Waals surface area contributed by atoms with Crippen molar-refractivity contribution in [2.75, 3.05) is 37.6 Å². The Bertz CT molecular complexity index is 810. The van der Waals surface area contributed by atoms with Crippen LogP contribution in [0.4, 0.5) is 10.6 Å². The van der Waals surface area contributed by atoms with Crippen molar-refractivity contribution < 1.29 is 9.90 Å². The number of piperazine rings is 1. The fourth-order valence-electron chi connectivity index (χ4n) is 4.94. The number of benzene rings is 1. The van der Waals surface area contributed by atoms with E-state index in [0.717, 1.165) is 50.8 Å². The van der Waals surface area contributed by atoms with Gasteiger partial charge in [-0.2, -0.15) is 4.37 Å². The van der Waals surface area contributed by atoms with E-state index >= 15 is 0 Å². The van der Waals surface area contributed by atoms with Gasteiger partial charge in [-0.3, -0.25) is 4.90 Å².